The van der Waals surface area contributed by atoms with E-state index in [1.807, 2.05) is 13.8 Å². The minimum atomic E-state index is -0.309. The van der Waals surface area contributed by atoms with Crippen LogP contribution in [0, 0.1) is 0 Å². The van der Waals surface area contributed by atoms with Crippen LogP contribution in [0.15, 0.2) is 11.4 Å². The lowest BCUT2D eigenvalue weighted by Crippen LogP contribution is -2.16. The Bertz CT molecular complexity index is 382. The lowest BCUT2D eigenvalue weighted by molar-refractivity contribution is 0.196. The van der Waals surface area contributed by atoms with Gasteiger partial charge in [-0.3, -0.25) is 0 Å². The monoisotopic (exact) mass is 252 g/mol. The smallest absolute Gasteiger partial charge is 0.116 e. The van der Waals surface area contributed by atoms with Crippen molar-refractivity contribution in [1.29, 1.82) is 0 Å². The molecule has 0 saturated carbocycles. The van der Waals surface area contributed by atoms with E-state index in [1.165, 1.54) is 30.5 Å². The van der Waals surface area contributed by atoms with Gasteiger partial charge in [0, 0.05) is 16.5 Å². The van der Waals surface area contributed by atoms with E-state index in [0.29, 0.717) is 0 Å². The molecule has 2 unspecified atom stereocenters. The van der Waals surface area contributed by atoms with Crippen LogP contribution in [0.4, 0.5) is 0 Å². The van der Waals surface area contributed by atoms with Gasteiger partial charge in [-0.15, -0.1) is 11.8 Å². The zero-order valence-corrected chi connectivity index (χ0v) is 11.3. The van der Waals surface area contributed by atoms with Crippen molar-refractivity contribution >= 4 is 11.8 Å². The molecule has 94 valence electrons. The van der Waals surface area contributed by atoms with Crippen LogP contribution in [0.3, 0.4) is 0 Å². The summed E-state index contributed by atoms with van der Waals surface area (Å²) in [4.78, 5) is 8.80. The Balaban J connectivity index is 2.22. The number of fused-ring (bicyclic) bond motifs is 1. The van der Waals surface area contributed by atoms with E-state index >= 15 is 0 Å². The molecule has 0 saturated heterocycles. The summed E-state index contributed by atoms with van der Waals surface area (Å²) < 4.78 is 0. The number of nitrogens with zero attached hydrogens (tertiary/aromatic N) is 2. The Morgan fingerprint density at radius 2 is 1.94 bits per heavy atom. The molecule has 17 heavy (non-hydrogen) atoms. The van der Waals surface area contributed by atoms with Crippen LogP contribution in [-0.2, 0) is 12.8 Å². The van der Waals surface area contributed by atoms with Crippen LogP contribution in [0.25, 0.3) is 0 Å². The van der Waals surface area contributed by atoms with Crippen molar-refractivity contribution in [2.45, 2.75) is 62.3 Å². The number of thioether (sulfide) groups is 1. The number of aliphatic hydroxyl groups is 1. The highest BCUT2D eigenvalue weighted by molar-refractivity contribution is 7.99. The van der Waals surface area contributed by atoms with Crippen LogP contribution < -0.4 is 0 Å². The highest BCUT2D eigenvalue weighted by Crippen LogP contribution is 2.30. The van der Waals surface area contributed by atoms with Crippen molar-refractivity contribution in [1.82, 2.24) is 9.97 Å². The molecule has 4 heteroatoms. The first kappa shape index (κ1) is 12.8. The van der Waals surface area contributed by atoms with Gasteiger partial charge in [-0.25, -0.2) is 9.97 Å². The Morgan fingerprint density at radius 1 is 1.18 bits per heavy atom. The summed E-state index contributed by atoms with van der Waals surface area (Å²) in [5.41, 5.74) is 2.54. The average Bonchev–Trinajstić information content (AvgIpc) is 2.54. The minimum absolute atomic E-state index is 0.178. The molecule has 1 aromatic rings. The first-order valence-electron chi connectivity index (χ1n) is 6.36. The van der Waals surface area contributed by atoms with E-state index in [9.17, 15) is 5.11 Å². The summed E-state index contributed by atoms with van der Waals surface area (Å²) in [6.45, 7) is 3.87. The van der Waals surface area contributed by atoms with Gasteiger partial charge in [-0.05, 0) is 32.6 Å². The maximum atomic E-state index is 9.58. The summed E-state index contributed by atoms with van der Waals surface area (Å²) >= 11 is 1.67. The quantitative estimate of drug-likeness (QED) is 0.510. The molecule has 1 heterocycles. The van der Waals surface area contributed by atoms with Crippen LogP contribution in [0.5, 0.6) is 0 Å². The molecule has 1 aromatic heterocycles. The van der Waals surface area contributed by atoms with Crippen molar-refractivity contribution in [3.8, 4) is 0 Å². The van der Waals surface area contributed by atoms with Crippen molar-refractivity contribution in [3.63, 3.8) is 0 Å². The van der Waals surface area contributed by atoms with E-state index in [2.05, 4.69) is 9.97 Å². The molecule has 1 N–H and O–H groups in total. The molecule has 1 aliphatic carbocycles. The summed E-state index contributed by atoms with van der Waals surface area (Å²) in [5.74, 6) is 0. The topological polar surface area (TPSA) is 46.0 Å². The lowest BCUT2D eigenvalue weighted by Gasteiger charge is -2.16. The fourth-order valence-electron chi connectivity index (χ4n) is 2.04. The normalized spacial score (nSPS) is 19.2. The van der Waals surface area contributed by atoms with Gasteiger partial charge in [0.1, 0.15) is 11.4 Å². The van der Waals surface area contributed by atoms with Gasteiger partial charge in [-0.1, -0.05) is 13.3 Å². The highest BCUT2D eigenvalue weighted by atomic mass is 32.2. The summed E-state index contributed by atoms with van der Waals surface area (Å²) in [7, 11) is 0. The van der Waals surface area contributed by atoms with Gasteiger partial charge < -0.3 is 5.11 Å². The maximum Gasteiger partial charge on any atom is 0.116 e. The molecule has 0 radical (unpaired) electrons. The molecule has 0 bridgehead atoms. The van der Waals surface area contributed by atoms with E-state index in [1.54, 1.807) is 18.1 Å². The first-order valence-corrected chi connectivity index (χ1v) is 7.24. The molecule has 0 aromatic carbocycles. The molecule has 2 rings (SSSR count). The SMILES string of the molecule is CC(O)C(C)Sc1ncnc2c1CCCCC2. The van der Waals surface area contributed by atoms with Gasteiger partial charge in [-0.2, -0.15) is 0 Å². The Morgan fingerprint density at radius 3 is 2.71 bits per heavy atom. The van der Waals surface area contributed by atoms with Gasteiger partial charge in [0.25, 0.3) is 0 Å². The van der Waals surface area contributed by atoms with Crippen molar-refractivity contribution in [2.75, 3.05) is 0 Å². The van der Waals surface area contributed by atoms with Crippen molar-refractivity contribution < 1.29 is 5.11 Å². The van der Waals surface area contributed by atoms with Gasteiger partial charge in [0.2, 0.25) is 0 Å². The van der Waals surface area contributed by atoms with Crippen molar-refractivity contribution in [3.05, 3.63) is 17.6 Å². The number of rotatable bonds is 3. The molecule has 0 spiro atoms. The fraction of sp³-hybridized carbons (Fsp3) is 0.692. The molecule has 0 fully saturated rings. The third kappa shape index (κ3) is 3.19. The molecule has 2 atom stereocenters. The van der Waals surface area contributed by atoms with Crippen LogP contribution in [-0.4, -0.2) is 26.4 Å². The first-order chi connectivity index (χ1) is 8.18. The average molecular weight is 252 g/mol. The zero-order chi connectivity index (χ0) is 12.3. The molecule has 3 nitrogen and oxygen atoms in total. The van der Waals surface area contributed by atoms with Gasteiger partial charge in [0.05, 0.1) is 6.10 Å². The number of aryl methyl sites for hydroxylation is 1. The zero-order valence-electron chi connectivity index (χ0n) is 10.5. The Labute approximate surface area is 107 Å². The van der Waals surface area contributed by atoms with Crippen LogP contribution in [0.1, 0.15) is 44.4 Å². The third-order valence-corrected chi connectivity index (χ3v) is 4.65. The molecule has 0 amide bonds. The maximum absolute atomic E-state index is 9.58. The summed E-state index contributed by atoms with van der Waals surface area (Å²) in [6.07, 6.45) is 7.28. The molecule has 0 aliphatic heterocycles. The van der Waals surface area contributed by atoms with Crippen LogP contribution in [0.2, 0.25) is 0 Å². The van der Waals surface area contributed by atoms with Gasteiger partial charge >= 0.3 is 0 Å². The number of aromatic nitrogens is 2. The second kappa shape index (κ2) is 5.83. The fourth-order valence-corrected chi connectivity index (χ4v) is 3.06. The predicted octanol–water partition coefficient (Wildman–Crippen LogP) is 2.61. The summed E-state index contributed by atoms with van der Waals surface area (Å²) in [5, 5.41) is 10.8. The Kier molecular flexibility index (Phi) is 4.40. The van der Waals surface area contributed by atoms with Crippen molar-refractivity contribution in [2.24, 2.45) is 0 Å². The standard InChI is InChI=1S/C13H20N2OS/c1-9(16)10(2)17-13-11-6-4-3-5-7-12(11)14-8-15-13/h8-10,16H,3-7H2,1-2H3. The van der Waals surface area contributed by atoms with Crippen LogP contribution >= 0.6 is 11.8 Å². The predicted molar refractivity (Wildman–Crippen MR) is 70.3 cm³/mol. The lowest BCUT2D eigenvalue weighted by atomic mass is 10.1. The number of aliphatic hydroxyl groups excluding tert-OH is 1. The third-order valence-electron chi connectivity index (χ3n) is 3.31. The number of hydrogen-bond acceptors (Lipinski definition) is 4. The Hall–Kier alpha value is -0.610. The number of hydrogen-bond donors (Lipinski definition) is 1. The largest absolute Gasteiger partial charge is 0.392 e. The molecular formula is C13H20N2OS. The van der Waals surface area contributed by atoms with E-state index in [4.69, 9.17) is 0 Å². The van der Waals surface area contributed by atoms with E-state index < -0.39 is 0 Å². The molecular weight excluding hydrogens is 232 g/mol. The van der Waals surface area contributed by atoms with Gasteiger partial charge in [0.15, 0.2) is 0 Å². The minimum Gasteiger partial charge on any atom is -0.392 e. The van der Waals surface area contributed by atoms with E-state index in [0.717, 1.165) is 17.9 Å². The second-order valence-electron chi connectivity index (χ2n) is 4.73. The van der Waals surface area contributed by atoms with E-state index in [-0.39, 0.29) is 11.4 Å². The highest BCUT2D eigenvalue weighted by Gasteiger charge is 2.18. The molecule has 1 aliphatic rings. The second-order valence-corrected chi connectivity index (χ2v) is 6.09. The summed E-state index contributed by atoms with van der Waals surface area (Å²) in [6, 6.07) is 0.